The van der Waals surface area contributed by atoms with Gasteiger partial charge in [0.15, 0.2) is 0 Å². The van der Waals surface area contributed by atoms with Crippen molar-refractivity contribution in [3.05, 3.63) is 52.8 Å². The Morgan fingerprint density at radius 2 is 1.58 bits per heavy atom. The van der Waals surface area contributed by atoms with Gasteiger partial charge in [-0.25, -0.2) is 9.97 Å². The first-order valence-electron chi connectivity index (χ1n) is 8.19. The summed E-state index contributed by atoms with van der Waals surface area (Å²) in [5, 5.41) is 1.83. The Morgan fingerprint density at radius 1 is 0.833 bits per heavy atom. The fourth-order valence-electron chi connectivity index (χ4n) is 3.27. The summed E-state index contributed by atoms with van der Waals surface area (Å²) in [6.07, 6.45) is 3.87. The van der Waals surface area contributed by atoms with Crippen molar-refractivity contribution in [3.63, 3.8) is 0 Å². The molecule has 1 aliphatic heterocycles. The van der Waals surface area contributed by atoms with Crippen LogP contribution in [-0.2, 0) is 0 Å². The van der Waals surface area contributed by atoms with Crippen LogP contribution in [0, 0.1) is 0 Å². The molecule has 0 atom stereocenters. The minimum absolute atomic E-state index is 0.250. The molecule has 0 N–H and O–H groups in total. The minimum Gasteiger partial charge on any atom is -0.372 e. The van der Waals surface area contributed by atoms with Gasteiger partial charge < -0.3 is 4.90 Å². The molecule has 2 aromatic carbocycles. The lowest BCUT2D eigenvalue weighted by molar-refractivity contribution is 0.578. The number of halogens is 2. The maximum Gasteiger partial charge on any atom is 0.223 e. The van der Waals surface area contributed by atoms with Gasteiger partial charge in [-0.3, -0.25) is 0 Å². The predicted molar refractivity (Wildman–Crippen MR) is 101 cm³/mol. The first-order valence-corrected chi connectivity index (χ1v) is 8.94. The average Bonchev–Trinajstić information content (AvgIpc) is 2.62. The summed E-state index contributed by atoms with van der Waals surface area (Å²) in [4.78, 5) is 11.2. The van der Waals surface area contributed by atoms with E-state index in [0.717, 1.165) is 35.2 Å². The van der Waals surface area contributed by atoms with Crippen molar-refractivity contribution in [2.75, 3.05) is 18.0 Å². The van der Waals surface area contributed by atoms with E-state index in [4.69, 9.17) is 23.2 Å². The van der Waals surface area contributed by atoms with Crippen LogP contribution in [0.5, 0.6) is 0 Å². The molecule has 2 heterocycles. The topological polar surface area (TPSA) is 29.0 Å². The van der Waals surface area contributed by atoms with Crippen molar-refractivity contribution in [3.8, 4) is 11.3 Å². The summed E-state index contributed by atoms with van der Waals surface area (Å²) >= 11 is 12.3. The summed E-state index contributed by atoms with van der Waals surface area (Å²) in [5.74, 6) is 0. The van der Waals surface area contributed by atoms with E-state index in [2.05, 4.69) is 39.1 Å². The van der Waals surface area contributed by atoms with E-state index in [0.29, 0.717) is 5.02 Å². The number of benzene rings is 2. The number of rotatable bonds is 2. The van der Waals surface area contributed by atoms with E-state index < -0.39 is 0 Å². The molecule has 1 saturated heterocycles. The van der Waals surface area contributed by atoms with E-state index in [9.17, 15) is 0 Å². The largest absolute Gasteiger partial charge is 0.372 e. The molecular formula is C19H17Cl2N3. The molecule has 3 nitrogen and oxygen atoms in total. The summed E-state index contributed by atoms with van der Waals surface area (Å²) < 4.78 is 0. The van der Waals surface area contributed by atoms with E-state index in [-0.39, 0.29) is 5.28 Å². The van der Waals surface area contributed by atoms with Gasteiger partial charge in [-0.2, -0.15) is 0 Å². The van der Waals surface area contributed by atoms with Gasteiger partial charge in [0.2, 0.25) is 5.28 Å². The normalized spacial score (nSPS) is 15.0. The lowest BCUT2D eigenvalue weighted by Crippen LogP contribution is -2.29. The van der Waals surface area contributed by atoms with Crippen LogP contribution < -0.4 is 4.90 Å². The van der Waals surface area contributed by atoms with Gasteiger partial charge in [-0.1, -0.05) is 23.7 Å². The second kappa shape index (κ2) is 6.58. The minimum atomic E-state index is 0.250. The third kappa shape index (κ3) is 3.06. The highest BCUT2D eigenvalue weighted by molar-refractivity contribution is 6.31. The van der Waals surface area contributed by atoms with E-state index in [1.165, 1.54) is 24.9 Å². The van der Waals surface area contributed by atoms with Gasteiger partial charge in [-0.05, 0) is 61.2 Å². The van der Waals surface area contributed by atoms with Gasteiger partial charge in [0.25, 0.3) is 0 Å². The molecule has 1 aromatic heterocycles. The van der Waals surface area contributed by atoms with Crippen molar-refractivity contribution >= 4 is 39.8 Å². The summed E-state index contributed by atoms with van der Waals surface area (Å²) in [6, 6.07) is 14.1. The molecule has 0 bridgehead atoms. The molecule has 0 amide bonds. The monoisotopic (exact) mass is 357 g/mol. The predicted octanol–water partition coefficient (Wildman–Crippen LogP) is 5.59. The number of anilines is 1. The molecule has 0 unspecified atom stereocenters. The Morgan fingerprint density at radius 3 is 2.33 bits per heavy atom. The summed E-state index contributed by atoms with van der Waals surface area (Å²) in [7, 11) is 0. The van der Waals surface area contributed by atoms with Crippen LogP contribution in [0.3, 0.4) is 0 Å². The van der Waals surface area contributed by atoms with Crippen LogP contribution in [0.2, 0.25) is 10.3 Å². The Labute approximate surface area is 151 Å². The van der Waals surface area contributed by atoms with Crippen LogP contribution >= 0.6 is 23.2 Å². The van der Waals surface area contributed by atoms with Crippen LogP contribution in [0.25, 0.3) is 22.2 Å². The van der Waals surface area contributed by atoms with Gasteiger partial charge in [0, 0.05) is 34.7 Å². The molecule has 1 fully saturated rings. The number of aromatic nitrogens is 2. The fourth-order valence-corrected chi connectivity index (χ4v) is 3.62. The molecule has 24 heavy (non-hydrogen) atoms. The molecular weight excluding hydrogens is 341 g/mol. The quantitative estimate of drug-likeness (QED) is 0.559. The number of piperidine rings is 1. The zero-order chi connectivity index (χ0) is 16.5. The highest BCUT2D eigenvalue weighted by atomic mass is 35.5. The van der Waals surface area contributed by atoms with E-state index in [1.807, 2.05) is 18.2 Å². The SMILES string of the molecule is Clc1ccc2nc(Cl)nc(-c3ccc(N4CCCCC4)cc3)c2c1. The van der Waals surface area contributed by atoms with Crippen LogP contribution in [0.15, 0.2) is 42.5 Å². The maximum atomic E-state index is 6.15. The maximum absolute atomic E-state index is 6.15. The summed E-state index contributed by atoms with van der Waals surface area (Å²) in [5.41, 5.74) is 3.90. The first-order chi connectivity index (χ1) is 11.7. The number of hydrogen-bond acceptors (Lipinski definition) is 3. The van der Waals surface area contributed by atoms with Crippen molar-refractivity contribution in [2.45, 2.75) is 19.3 Å². The van der Waals surface area contributed by atoms with Gasteiger partial charge in [-0.15, -0.1) is 0 Å². The average molecular weight is 358 g/mol. The highest BCUT2D eigenvalue weighted by Crippen LogP contribution is 2.31. The van der Waals surface area contributed by atoms with Crippen LogP contribution in [-0.4, -0.2) is 23.1 Å². The Bertz CT molecular complexity index is 872. The number of fused-ring (bicyclic) bond motifs is 1. The highest BCUT2D eigenvalue weighted by Gasteiger charge is 2.13. The molecule has 0 spiro atoms. The molecule has 3 aromatic rings. The van der Waals surface area contributed by atoms with Gasteiger partial charge in [0.1, 0.15) is 0 Å². The zero-order valence-corrected chi connectivity index (χ0v) is 14.7. The van der Waals surface area contributed by atoms with Gasteiger partial charge in [0.05, 0.1) is 11.2 Å². The molecule has 1 aliphatic rings. The van der Waals surface area contributed by atoms with Crippen molar-refractivity contribution in [1.82, 2.24) is 9.97 Å². The Kier molecular flexibility index (Phi) is 4.30. The first kappa shape index (κ1) is 15.7. The lowest BCUT2D eigenvalue weighted by atomic mass is 10.0. The molecule has 0 aliphatic carbocycles. The Hall–Kier alpha value is -1.84. The van der Waals surface area contributed by atoms with Crippen molar-refractivity contribution in [2.24, 2.45) is 0 Å². The van der Waals surface area contributed by atoms with Crippen LogP contribution in [0.1, 0.15) is 19.3 Å². The second-order valence-electron chi connectivity index (χ2n) is 6.10. The molecule has 0 saturated carbocycles. The smallest absolute Gasteiger partial charge is 0.223 e. The molecule has 122 valence electrons. The molecule has 5 heteroatoms. The second-order valence-corrected chi connectivity index (χ2v) is 6.87. The lowest BCUT2D eigenvalue weighted by Gasteiger charge is -2.28. The third-order valence-corrected chi connectivity index (χ3v) is 4.90. The van der Waals surface area contributed by atoms with E-state index in [1.54, 1.807) is 0 Å². The molecule has 0 radical (unpaired) electrons. The zero-order valence-electron chi connectivity index (χ0n) is 13.2. The Balaban J connectivity index is 1.75. The van der Waals surface area contributed by atoms with Crippen molar-refractivity contribution < 1.29 is 0 Å². The van der Waals surface area contributed by atoms with Crippen molar-refractivity contribution in [1.29, 1.82) is 0 Å². The van der Waals surface area contributed by atoms with E-state index >= 15 is 0 Å². The van der Waals surface area contributed by atoms with Gasteiger partial charge >= 0.3 is 0 Å². The molecule has 4 rings (SSSR count). The standard InChI is InChI=1S/C19H17Cl2N3/c20-14-6-9-17-16(12-14)18(23-19(21)22-17)13-4-7-15(8-5-13)24-10-2-1-3-11-24/h4-9,12H,1-3,10-11H2. The number of hydrogen-bond donors (Lipinski definition) is 0. The number of nitrogens with zero attached hydrogens (tertiary/aromatic N) is 3. The third-order valence-electron chi connectivity index (χ3n) is 4.49. The van der Waals surface area contributed by atoms with Crippen LogP contribution in [0.4, 0.5) is 5.69 Å². The summed E-state index contributed by atoms with van der Waals surface area (Å²) in [6.45, 7) is 2.27. The fraction of sp³-hybridized carbons (Fsp3) is 0.263.